The van der Waals surface area contributed by atoms with Gasteiger partial charge in [-0.05, 0) is 47.0 Å². The van der Waals surface area contributed by atoms with E-state index in [1.807, 2.05) is 24.3 Å². The number of methoxy groups -OCH3 is 1. The van der Waals surface area contributed by atoms with Crippen LogP contribution in [0.3, 0.4) is 0 Å². The van der Waals surface area contributed by atoms with E-state index in [0.717, 1.165) is 24.4 Å². The van der Waals surface area contributed by atoms with Crippen molar-refractivity contribution in [3.8, 4) is 5.75 Å². The zero-order valence-electron chi connectivity index (χ0n) is 12.2. The third-order valence-corrected chi connectivity index (χ3v) is 3.69. The highest BCUT2D eigenvalue weighted by Gasteiger charge is 2.00. The molecule has 3 aromatic rings. The van der Waals surface area contributed by atoms with Crippen LogP contribution in [0.25, 0.3) is 10.8 Å². The summed E-state index contributed by atoms with van der Waals surface area (Å²) in [4.78, 5) is 0. The lowest BCUT2D eigenvalue weighted by atomic mass is 10.0. The first-order chi connectivity index (χ1) is 10.4. The van der Waals surface area contributed by atoms with Gasteiger partial charge < -0.3 is 10.1 Å². The summed E-state index contributed by atoms with van der Waals surface area (Å²) in [7, 11) is 1.68. The number of benzene rings is 3. The highest BCUT2D eigenvalue weighted by Crippen LogP contribution is 2.19. The highest BCUT2D eigenvalue weighted by atomic mass is 16.5. The lowest BCUT2D eigenvalue weighted by Crippen LogP contribution is -2.05. The molecule has 1 N–H and O–H groups in total. The second-order valence-electron chi connectivity index (χ2n) is 5.04. The summed E-state index contributed by atoms with van der Waals surface area (Å²) in [6.07, 6.45) is 1.01. The first kappa shape index (κ1) is 13.5. The van der Waals surface area contributed by atoms with Gasteiger partial charge in [0.05, 0.1) is 7.11 Å². The minimum Gasteiger partial charge on any atom is -0.497 e. The van der Waals surface area contributed by atoms with E-state index >= 15 is 0 Å². The molecule has 0 spiro atoms. The quantitative estimate of drug-likeness (QED) is 0.741. The van der Waals surface area contributed by atoms with Gasteiger partial charge in [0.25, 0.3) is 0 Å². The highest BCUT2D eigenvalue weighted by molar-refractivity contribution is 5.85. The fourth-order valence-corrected chi connectivity index (χ4v) is 2.56. The molecule has 0 saturated carbocycles. The van der Waals surface area contributed by atoms with E-state index in [4.69, 9.17) is 4.74 Å². The van der Waals surface area contributed by atoms with Crippen molar-refractivity contribution in [3.63, 3.8) is 0 Å². The molecular formula is C19H19NO. The Labute approximate surface area is 125 Å². The molecule has 0 fully saturated rings. The van der Waals surface area contributed by atoms with Crippen LogP contribution < -0.4 is 10.1 Å². The van der Waals surface area contributed by atoms with Crippen LogP contribution in [0.1, 0.15) is 5.56 Å². The van der Waals surface area contributed by atoms with E-state index < -0.39 is 0 Å². The molecule has 0 aliphatic rings. The smallest absolute Gasteiger partial charge is 0.119 e. The Hall–Kier alpha value is -2.48. The minimum absolute atomic E-state index is 0.884. The summed E-state index contributed by atoms with van der Waals surface area (Å²) in [6.45, 7) is 0.917. The van der Waals surface area contributed by atoms with Crippen LogP contribution in [0.4, 0.5) is 5.69 Å². The Bertz CT molecular complexity index is 714. The fourth-order valence-electron chi connectivity index (χ4n) is 2.56. The molecule has 2 nitrogen and oxygen atoms in total. The fraction of sp³-hybridized carbons (Fsp3) is 0.158. The van der Waals surface area contributed by atoms with E-state index in [9.17, 15) is 0 Å². The first-order valence-electron chi connectivity index (χ1n) is 7.21. The normalized spacial score (nSPS) is 10.5. The van der Waals surface area contributed by atoms with Gasteiger partial charge in [0.2, 0.25) is 0 Å². The molecule has 0 aliphatic carbocycles. The molecule has 21 heavy (non-hydrogen) atoms. The Balaban J connectivity index is 1.66. The molecule has 0 unspecified atom stereocenters. The molecule has 0 saturated heterocycles. The topological polar surface area (TPSA) is 21.3 Å². The van der Waals surface area contributed by atoms with Crippen molar-refractivity contribution in [1.29, 1.82) is 0 Å². The average molecular weight is 277 g/mol. The number of ether oxygens (including phenoxy) is 1. The second-order valence-corrected chi connectivity index (χ2v) is 5.04. The summed E-state index contributed by atoms with van der Waals surface area (Å²) in [5, 5.41) is 6.10. The van der Waals surface area contributed by atoms with Crippen LogP contribution in [-0.4, -0.2) is 13.7 Å². The average Bonchev–Trinajstić information content (AvgIpc) is 2.56. The first-order valence-corrected chi connectivity index (χ1v) is 7.21. The summed E-state index contributed by atoms with van der Waals surface area (Å²) in [6, 6.07) is 23.1. The number of hydrogen-bond acceptors (Lipinski definition) is 2. The van der Waals surface area contributed by atoms with Crippen molar-refractivity contribution in [2.75, 3.05) is 19.0 Å². The standard InChI is InChI=1S/C19H19NO/c1-21-18-11-9-17(10-12-18)20-14-13-16-7-4-6-15-5-2-3-8-19(15)16/h2-12,20H,13-14H2,1H3. The number of fused-ring (bicyclic) bond motifs is 1. The van der Waals surface area contributed by atoms with E-state index in [2.05, 4.69) is 47.8 Å². The Morgan fingerprint density at radius 1 is 0.857 bits per heavy atom. The predicted octanol–water partition coefficient (Wildman–Crippen LogP) is 4.50. The molecule has 3 aromatic carbocycles. The summed E-state index contributed by atoms with van der Waals surface area (Å²) >= 11 is 0. The van der Waals surface area contributed by atoms with Crippen molar-refractivity contribution in [3.05, 3.63) is 72.3 Å². The van der Waals surface area contributed by atoms with Gasteiger partial charge in [-0.3, -0.25) is 0 Å². The van der Waals surface area contributed by atoms with Crippen molar-refractivity contribution in [1.82, 2.24) is 0 Å². The van der Waals surface area contributed by atoms with Crippen LogP contribution in [0.15, 0.2) is 66.7 Å². The van der Waals surface area contributed by atoms with Gasteiger partial charge in [0.15, 0.2) is 0 Å². The Kier molecular flexibility index (Phi) is 4.06. The van der Waals surface area contributed by atoms with Crippen molar-refractivity contribution in [2.45, 2.75) is 6.42 Å². The molecule has 0 heterocycles. The molecule has 106 valence electrons. The van der Waals surface area contributed by atoms with E-state index in [1.54, 1.807) is 7.11 Å². The third kappa shape index (κ3) is 3.16. The molecule has 3 rings (SSSR count). The van der Waals surface area contributed by atoms with Crippen molar-refractivity contribution >= 4 is 16.5 Å². The summed E-state index contributed by atoms with van der Waals surface area (Å²) in [5.74, 6) is 0.884. The maximum Gasteiger partial charge on any atom is 0.119 e. The maximum absolute atomic E-state index is 5.16. The maximum atomic E-state index is 5.16. The summed E-state index contributed by atoms with van der Waals surface area (Å²) in [5.41, 5.74) is 2.50. The molecule has 0 bridgehead atoms. The van der Waals surface area contributed by atoms with Crippen molar-refractivity contribution in [2.24, 2.45) is 0 Å². The number of anilines is 1. The van der Waals surface area contributed by atoms with Gasteiger partial charge in [0.1, 0.15) is 5.75 Å². The van der Waals surface area contributed by atoms with Gasteiger partial charge in [-0.2, -0.15) is 0 Å². The van der Waals surface area contributed by atoms with E-state index in [0.29, 0.717) is 0 Å². The van der Waals surface area contributed by atoms with Crippen LogP contribution >= 0.6 is 0 Å². The van der Waals surface area contributed by atoms with Gasteiger partial charge in [-0.15, -0.1) is 0 Å². The molecule has 0 aromatic heterocycles. The van der Waals surface area contributed by atoms with Crippen LogP contribution in [0.2, 0.25) is 0 Å². The van der Waals surface area contributed by atoms with Gasteiger partial charge in [0, 0.05) is 12.2 Å². The Morgan fingerprint density at radius 2 is 1.62 bits per heavy atom. The van der Waals surface area contributed by atoms with E-state index in [1.165, 1.54) is 16.3 Å². The third-order valence-electron chi connectivity index (χ3n) is 3.69. The summed E-state index contributed by atoms with van der Waals surface area (Å²) < 4.78 is 5.16. The molecule has 0 radical (unpaired) electrons. The van der Waals surface area contributed by atoms with E-state index in [-0.39, 0.29) is 0 Å². The van der Waals surface area contributed by atoms with Crippen molar-refractivity contribution < 1.29 is 4.74 Å². The minimum atomic E-state index is 0.884. The monoisotopic (exact) mass is 277 g/mol. The predicted molar refractivity (Wildman–Crippen MR) is 89.1 cm³/mol. The zero-order chi connectivity index (χ0) is 14.5. The van der Waals surface area contributed by atoms with Gasteiger partial charge in [-0.25, -0.2) is 0 Å². The lowest BCUT2D eigenvalue weighted by Gasteiger charge is -2.09. The number of hydrogen-bond donors (Lipinski definition) is 1. The molecule has 0 amide bonds. The number of rotatable bonds is 5. The van der Waals surface area contributed by atoms with Crippen LogP contribution in [-0.2, 0) is 6.42 Å². The number of nitrogens with one attached hydrogen (secondary N) is 1. The molecule has 0 atom stereocenters. The molecular weight excluding hydrogens is 258 g/mol. The lowest BCUT2D eigenvalue weighted by molar-refractivity contribution is 0.415. The zero-order valence-corrected chi connectivity index (χ0v) is 12.2. The SMILES string of the molecule is COc1ccc(NCCc2cccc3ccccc23)cc1. The van der Waals surface area contributed by atoms with Gasteiger partial charge in [-0.1, -0.05) is 42.5 Å². The molecule has 2 heteroatoms. The van der Waals surface area contributed by atoms with Crippen LogP contribution in [0, 0.1) is 0 Å². The van der Waals surface area contributed by atoms with Gasteiger partial charge >= 0.3 is 0 Å². The second kappa shape index (κ2) is 6.31. The largest absolute Gasteiger partial charge is 0.497 e. The Morgan fingerprint density at radius 3 is 2.43 bits per heavy atom. The van der Waals surface area contributed by atoms with Crippen LogP contribution in [0.5, 0.6) is 5.75 Å². The molecule has 0 aliphatic heterocycles.